The maximum Gasteiger partial charge on any atom is 0.260 e. The van der Waals surface area contributed by atoms with Crippen LogP contribution in [0.1, 0.15) is 12.5 Å². The van der Waals surface area contributed by atoms with Crippen LogP contribution in [-0.4, -0.2) is 58.3 Å². The van der Waals surface area contributed by atoms with Crippen molar-refractivity contribution in [2.24, 2.45) is 0 Å². The van der Waals surface area contributed by atoms with Crippen molar-refractivity contribution in [2.45, 2.75) is 18.5 Å². The van der Waals surface area contributed by atoms with Gasteiger partial charge in [-0.1, -0.05) is 13.0 Å². The van der Waals surface area contributed by atoms with Gasteiger partial charge in [0.25, 0.3) is 10.0 Å². The average molecular weight is 335 g/mol. The molecule has 1 aromatic rings. The number of hydrogen-bond acceptors (Lipinski definition) is 6. The second kappa shape index (κ2) is 7.30. The van der Waals surface area contributed by atoms with Crippen molar-refractivity contribution >= 4 is 19.9 Å². The summed E-state index contributed by atoms with van der Waals surface area (Å²) in [6.07, 6.45) is 2.57. The van der Waals surface area contributed by atoms with Crippen LogP contribution in [0.2, 0.25) is 0 Å². The zero-order valence-corrected chi connectivity index (χ0v) is 14.0. The minimum Gasteiger partial charge on any atom is -0.313 e. The molecular weight excluding hydrogens is 314 g/mol. The third-order valence-electron chi connectivity index (χ3n) is 2.83. The van der Waals surface area contributed by atoms with Crippen molar-refractivity contribution < 1.29 is 16.8 Å². The lowest BCUT2D eigenvalue weighted by Crippen LogP contribution is -2.32. The van der Waals surface area contributed by atoms with Crippen LogP contribution in [-0.2, 0) is 26.4 Å². The van der Waals surface area contributed by atoms with Crippen LogP contribution in [0.5, 0.6) is 0 Å². The van der Waals surface area contributed by atoms with Gasteiger partial charge >= 0.3 is 0 Å². The molecular formula is C12H21N3O4S2. The Morgan fingerprint density at radius 3 is 2.38 bits per heavy atom. The molecule has 0 aliphatic rings. The zero-order valence-electron chi connectivity index (χ0n) is 12.4. The van der Waals surface area contributed by atoms with E-state index in [9.17, 15) is 16.8 Å². The number of pyridine rings is 1. The van der Waals surface area contributed by atoms with Crippen molar-refractivity contribution in [3.8, 4) is 0 Å². The molecule has 0 bridgehead atoms. The topological polar surface area (TPSA) is 96.4 Å². The Kier molecular flexibility index (Phi) is 6.26. The van der Waals surface area contributed by atoms with Crippen molar-refractivity contribution in [3.05, 3.63) is 23.9 Å². The Morgan fingerprint density at radius 1 is 1.24 bits per heavy atom. The fraction of sp³-hybridized carbons (Fsp3) is 0.583. The fourth-order valence-corrected chi connectivity index (χ4v) is 3.31. The lowest BCUT2D eigenvalue weighted by Gasteiger charge is -2.16. The molecule has 0 aliphatic heterocycles. The molecule has 0 aliphatic carbocycles. The summed E-state index contributed by atoms with van der Waals surface area (Å²) in [4.78, 5) is 3.95. The maximum atomic E-state index is 12.2. The van der Waals surface area contributed by atoms with E-state index in [0.29, 0.717) is 6.54 Å². The first kappa shape index (κ1) is 18.0. The molecule has 1 rings (SSSR count). The van der Waals surface area contributed by atoms with Crippen molar-refractivity contribution in [1.29, 1.82) is 0 Å². The summed E-state index contributed by atoms with van der Waals surface area (Å²) in [5.41, 5.74) is 0.884. The molecule has 1 heterocycles. The first-order valence-electron chi connectivity index (χ1n) is 6.46. The Bertz CT molecular complexity index is 654. The predicted octanol–water partition coefficient (Wildman–Crippen LogP) is -0.144. The van der Waals surface area contributed by atoms with Gasteiger partial charge in [-0.05, 0) is 18.2 Å². The number of hydrogen-bond donors (Lipinski definition) is 1. The average Bonchev–Trinajstić information content (AvgIpc) is 2.42. The highest BCUT2D eigenvalue weighted by Crippen LogP contribution is 2.12. The van der Waals surface area contributed by atoms with E-state index in [4.69, 9.17) is 0 Å². The van der Waals surface area contributed by atoms with E-state index >= 15 is 0 Å². The highest BCUT2D eigenvalue weighted by Gasteiger charge is 2.22. The summed E-state index contributed by atoms with van der Waals surface area (Å²) in [7, 11) is -5.63. The van der Waals surface area contributed by atoms with Gasteiger partial charge in [0.15, 0.2) is 5.03 Å². The van der Waals surface area contributed by atoms with Crippen LogP contribution < -0.4 is 5.32 Å². The van der Waals surface area contributed by atoms with E-state index in [2.05, 4.69) is 10.3 Å². The number of sulfonamides is 1. The summed E-state index contributed by atoms with van der Waals surface area (Å²) < 4.78 is 47.7. The van der Waals surface area contributed by atoms with Gasteiger partial charge < -0.3 is 5.32 Å². The molecule has 9 heteroatoms. The quantitative estimate of drug-likeness (QED) is 0.710. The van der Waals surface area contributed by atoms with E-state index in [0.717, 1.165) is 22.7 Å². The summed E-state index contributed by atoms with van der Waals surface area (Å²) in [6, 6.07) is 3.12. The zero-order chi connectivity index (χ0) is 16.1. The number of nitrogens with zero attached hydrogens (tertiary/aromatic N) is 2. The lowest BCUT2D eigenvalue weighted by molar-refractivity contribution is 0.481. The van der Waals surface area contributed by atoms with E-state index in [1.54, 1.807) is 6.07 Å². The first-order valence-corrected chi connectivity index (χ1v) is 9.96. The largest absolute Gasteiger partial charge is 0.313 e. The molecule has 0 atom stereocenters. The fourth-order valence-electron chi connectivity index (χ4n) is 1.51. The summed E-state index contributed by atoms with van der Waals surface area (Å²) in [6.45, 7) is 3.31. The standard InChI is InChI=1S/C12H21N3O4S2/c1-4-13-9-11-5-6-12(14-10-11)21(18,19)15(2)7-8-20(3,16)17/h5-6,10,13H,4,7-9H2,1-3H3. The van der Waals surface area contributed by atoms with Gasteiger partial charge in [0.05, 0.1) is 5.75 Å². The van der Waals surface area contributed by atoms with E-state index in [1.165, 1.54) is 19.3 Å². The number of aromatic nitrogens is 1. The van der Waals surface area contributed by atoms with Gasteiger partial charge in [-0.15, -0.1) is 0 Å². The van der Waals surface area contributed by atoms with Crippen molar-refractivity contribution in [1.82, 2.24) is 14.6 Å². The third-order valence-corrected chi connectivity index (χ3v) is 5.53. The number of nitrogens with one attached hydrogen (secondary N) is 1. The summed E-state index contributed by atoms with van der Waals surface area (Å²) >= 11 is 0. The predicted molar refractivity (Wildman–Crippen MR) is 81.1 cm³/mol. The van der Waals surface area contributed by atoms with E-state index in [-0.39, 0.29) is 17.3 Å². The van der Waals surface area contributed by atoms with Crippen molar-refractivity contribution in [3.63, 3.8) is 0 Å². The number of rotatable bonds is 8. The Morgan fingerprint density at radius 2 is 1.90 bits per heavy atom. The van der Waals surface area contributed by atoms with Gasteiger partial charge in [-0.25, -0.2) is 21.8 Å². The summed E-state index contributed by atoms with van der Waals surface area (Å²) in [5.74, 6) is -0.221. The molecule has 0 aromatic carbocycles. The van der Waals surface area contributed by atoms with E-state index in [1.807, 2.05) is 6.92 Å². The molecule has 0 amide bonds. The van der Waals surface area contributed by atoms with Crippen LogP contribution in [0.25, 0.3) is 0 Å². The molecule has 0 radical (unpaired) electrons. The van der Waals surface area contributed by atoms with Crippen LogP contribution in [0, 0.1) is 0 Å². The SMILES string of the molecule is CCNCc1ccc(S(=O)(=O)N(C)CCS(C)(=O)=O)nc1. The van der Waals surface area contributed by atoms with Gasteiger partial charge in [-0.2, -0.15) is 4.31 Å². The smallest absolute Gasteiger partial charge is 0.260 e. The lowest BCUT2D eigenvalue weighted by atomic mass is 10.3. The molecule has 0 saturated heterocycles. The maximum absolute atomic E-state index is 12.2. The second-order valence-corrected chi connectivity index (χ2v) is 8.99. The molecule has 120 valence electrons. The van der Waals surface area contributed by atoms with E-state index < -0.39 is 19.9 Å². The van der Waals surface area contributed by atoms with Gasteiger partial charge in [0, 0.05) is 32.6 Å². The molecule has 0 saturated carbocycles. The third kappa shape index (κ3) is 5.70. The molecule has 0 unspecified atom stereocenters. The van der Waals surface area contributed by atoms with Crippen LogP contribution >= 0.6 is 0 Å². The highest BCUT2D eigenvalue weighted by atomic mass is 32.2. The minimum absolute atomic E-state index is 0.0845. The van der Waals surface area contributed by atoms with Crippen LogP contribution in [0.4, 0.5) is 0 Å². The molecule has 0 spiro atoms. The Hall–Kier alpha value is -1.03. The second-order valence-electron chi connectivity index (χ2n) is 4.74. The minimum atomic E-state index is -3.76. The van der Waals surface area contributed by atoms with Crippen LogP contribution in [0.15, 0.2) is 23.4 Å². The van der Waals surface area contributed by atoms with Crippen LogP contribution in [0.3, 0.4) is 0 Å². The molecule has 1 N–H and O–H groups in total. The van der Waals surface area contributed by atoms with Crippen molar-refractivity contribution in [2.75, 3.05) is 32.1 Å². The van der Waals surface area contributed by atoms with Gasteiger partial charge in [0.1, 0.15) is 9.84 Å². The van der Waals surface area contributed by atoms with Gasteiger partial charge in [0.2, 0.25) is 0 Å². The molecule has 7 nitrogen and oxygen atoms in total. The first-order chi connectivity index (χ1) is 9.66. The normalized spacial score (nSPS) is 12.8. The number of sulfone groups is 1. The molecule has 21 heavy (non-hydrogen) atoms. The Balaban J connectivity index is 2.82. The van der Waals surface area contributed by atoms with Gasteiger partial charge in [-0.3, -0.25) is 0 Å². The Labute approximate surface area is 126 Å². The molecule has 1 aromatic heterocycles. The summed E-state index contributed by atoms with van der Waals surface area (Å²) in [5, 5.41) is 3.03. The monoisotopic (exact) mass is 335 g/mol. The molecule has 0 fully saturated rings. The highest BCUT2D eigenvalue weighted by molar-refractivity contribution is 7.91.